The highest BCUT2D eigenvalue weighted by atomic mass is 16.5. The molecule has 19 heavy (non-hydrogen) atoms. The van der Waals surface area contributed by atoms with Crippen molar-refractivity contribution in [3.63, 3.8) is 0 Å². The molecule has 0 saturated heterocycles. The maximum atomic E-state index is 11.7. The number of carbonyl (C=O) groups is 1. The summed E-state index contributed by atoms with van der Waals surface area (Å²) in [5, 5.41) is 2.91. The Balaban J connectivity index is 2.24. The van der Waals surface area contributed by atoms with Crippen LogP contribution in [0.5, 0.6) is 5.75 Å². The second kappa shape index (κ2) is 9.42. The molecule has 1 amide bonds. The minimum Gasteiger partial charge on any atom is -0.494 e. The lowest BCUT2D eigenvalue weighted by Gasteiger charge is -2.07. The molecular formula is C16H25NO2. The van der Waals surface area contributed by atoms with Crippen molar-refractivity contribution in [2.75, 3.05) is 11.9 Å². The fourth-order valence-electron chi connectivity index (χ4n) is 1.91. The topological polar surface area (TPSA) is 38.3 Å². The van der Waals surface area contributed by atoms with Gasteiger partial charge in [0.05, 0.1) is 6.61 Å². The predicted molar refractivity (Wildman–Crippen MR) is 79.6 cm³/mol. The SMILES string of the molecule is CCCCCCCC(=O)Nc1ccc(OCC)cc1. The Morgan fingerprint density at radius 2 is 1.74 bits per heavy atom. The molecule has 3 nitrogen and oxygen atoms in total. The highest BCUT2D eigenvalue weighted by Gasteiger charge is 2.02. The van der Waals surface area contributed by atoms with Crippen molar-refractivity contribution in [1.29, 1.82) is 0 Å². The molecule has 0 atom stereocenters. The quantitative estimate of drug-likeness (QED) is 0.671. The smallest absolute Gasteiger partial charge is 0.224 e. The highest BCUT2D eigenvalue weighted by Crippen LogP contribution is 2.16. The molecule has 0 saturated carbocycles. The summed E-state index contributed by atoms with van der Waals surface area (Å²) >= 11 is 0. The van der Waals surface area contributed by atoms with Crippen LogP contribution in [0.2, 0.25) is 0 Å². The molecule has 1 N–H and O–H groups in total. The van der Waals surface area contributed by atoms with Gasteiger partial charge in [-0.15, -0.1) is 0 Å². The van der Waals surface area contributed by atoms with Gasteiger partial charge in [0.15, 0.2) is 0 Å². The summed E-state index contributed by atoms with van der Waals surface area (Å²) in [6.45, 7) is 4.80. The maximum absolute atomic E-state index is 11.7. The Hall–Kier alpha value is -1.51. The van der Waals surface area contributed by atoms with Gasteiger partial charge in [-0.25, -0.2) is 0 Å². The summed E-state index contributed by atoms with van der Waals surface area (Å²) < 4.78 is 5.36. The normalized spacial score (nSPS) is 10.2. The summed E-state index contributed by atoms with van der Waals surface area (Å²) in [7, 11) is 0. The van der Waals surface area contributed by atoms with E-state index in [4.69, 9.17) is 4.74 Å². The molecule has 0 radical (unpaired) electrons. The van der Waals surface area contributed by atoms with Crippen molar-refractivity contribution in [2.24, 2.45) is 0 Å². The van der Waals surface area contributed by atoms with Crippen molar-refractivity contribution in [1.82, 2.24) is 0 Å². The first-order valence-corrected chi connectivity index (χ1v) is 7.29. The average molecular weight is 263 g/mol. The largest absolute Gasteiger partial charge is 0.494 e. The molecule has 0 fully saturated rings. The maximum Gasteiger partial charge on any atom is 0.224 e. The van der Waals surface area contributed by atoms with Crippen LogP contribution in [-0.2, 0) is 4.79 Å². The fraction of sp³-hybridized carbons (Fsp3) is 0.562. The van der Waals surface area contributed by atoms with Crippen molar-refractivity contribution < 1.29 is 9.53 Å². The molecule has 0 spiro atoms. The van der Waals surface area contributed by atoms with Crippen LogP contribution in [0.25, 0.3) is 0 Å². The Labute approximate surface area is 116 Å². The third kappa shape index (κ3) is 6.85. The molecule has 3 heteroatoms. The monoisotopic (exact) mass is 263 g/mol. The highest BCUT2D eigenvalue weighted by molar-refractivity contribution is 5.90. The molecule has 0 aromatic heterocycles. The molecule has 0 aliphatic heterocycles. The van der Waals surface area contributed by atoms with E-state index in [2.05, 4.69) is 12.2 Å². The number of hydrogen-bond donors (Lipinski definition) is 1. The van der Waals surface area contributed by atoms with E-state index in [9.17, 15) is 4.79 Å². The number of ether oxygens (including phenoxy) is 1. The van der Waals surface area contributed by atoms with Gasteiger partial charge in [-0.05, 0) is 37.6 Å². The van der Waals surface area contributed by atoms with Crippen LogP contribution in [0, 0.1) is 0 Å². The van der Waals surface area contributed by atoms with Gasteiger partial charge in [-0.1, -0.05) is 32.6 Å². The molecule has 0 heterocycles. The summed E-state index contributed by atoms with van der Waals surface area (Å²) in [6, 6.07) is 7.50. The van der Waals surface area contributed by atoms with E-state index in [0.717, 1.165) is 24.3 Å². The van der Waals surface area contributed by atoms with Gasteiger partial charge in [-0.2, -0.15) is 0 Å². The van der Waals surface area contributed by atoms with Crippen LogP contribution in [0.1, 0.15) is 52.4 Å². The molecular weight excluding hydrogens is 238 g/mol. The van der Waals surface area contributed by atoms with Crippen LogP contribution < -0.4 is 10.1 Å². The third-order valence-corrected chi connectivity index (χ3v) is 2.96. The summed E-state index contributed by atoms with van der Waals surface area (Å²) in [5.41, 5.74) is 0.835. The summed E-state index contributed by atoms with van der Waals surface area (Å²) in [4.78, 5) is 11.7. The molecule has 1 rings (SSSR count). The molecule has 0 unspecified atom stereocenters. The van der Waals surface area contributed by atoms with E-state index in [1.165, 1.54) is 19.3 Å². The first kappa shape index (κ1) is 15.5. The standard InChI is InChI=1S/C16H25NO2/c1-3-5-6-7-8-9-16(18)17-14-10-12-15(13-11-14)19-4-2/h10-13H,3-9H2,1-2H3,(H,17,18). The van der Waals surface area contributed by atoms with Gasteiger partial charge in [0.1, 0.15) is 5.75 Å². The van der Waals surface area contributed by atoms with Crippen LogP contribution >= 0.6 is 0 Å². The average Bonchev–Trinajstić information content (AvgIpc) is 2.41. The van der Waals surface area contributed by atoms with Crippen LogP contribution in [-0.4, -0.2) is 12.5 Å². The Kier molecular flexibility index (Phi) is 7.71. The Bertz CT molecular complexity index is 360. The summed E-state index contributed by atoms with van der Waals surface area (Å²) in [6.07, 6.45) is 6.45. The van der Waals surface area contributed by atoms with Gasteiger partial charge in [-0.3, -0.25) is 4.79 Å². The van der Waals surface area contributed by atoms with E-state index in [-0.39, 0.29) is 5.91 Å². The van der Waals surface area contributed by atoms with Crippen molar-refractivity contribution in [2.45, 2.75) is 52.4 Å². The van der Waals surface area contributed by atoms with Crippen LogP contribution in [0.4, 0.5) is 5.69 Å². The molecule has 0 aliphatic rings. The zero-order valence-corrected chi connectivity index (χ0v) is 12.1. The summed E-state index contributed by atoms with van der Waals surface area (Å²) in [5.74, 6) is 0.931. The number of rotatable bonds is 9. The van der Waals surface area contributed by atoms with Crippen LogP contribution in [0.3, 0.4) is 0 Å². The molecule has 0 bridgehead atoms. The first-order valence-electron chi connectivity index (χ1n) is 7.29. The zero-order valence-electron chi connectivity index (χ0n) is 12.1. The zero-order chi connectivity index (χ0) is 13.9. The number of benzene rings is 1. The first-order chi connectivity index (χ1) is 9.26. The number of unbranched alkanes of at least 4 members (excludes halogenated alkanes) is 4. The van der Waals surface area contributed by atoms with Gasteiger partial charge in [0.25, 0.3) is 0 Å². The Morgan fingerprint density at radius 3 is 2.37 bits per heavy atom. The van der Waals surface area contributed by atoms with E-state index in [1.54, 1.807) is 0 Å². The minimum absolute atomic E-state index is 0.0978. The number of amides is 1. The predicted octanol–water partition coefficient (Wildman–Crippen LogP) is 4.38. The minimum atomic E-state index is 0.0978. The third-order valence-electron chi connectivity index (χ3n) is 2.96. The molecule has 1 aromatic rings. The number of hydrogen-bond acceptors (Lipinski definition) is 2. The lowest BCUT2D eigenvalue weighted by Crippen LogP contribution is -2.10. The molecule has 0 aliphatic carbocycles. The lowest BCUT2D eigenvalue weighted by atomic mass is 10.1. The number of carbonyl (C=O) groups excluding carboxylic acids is 1. The van der Waals surface area contributed by atoms with Crippen molar-refractivity contribution in [3.8, 4) is 5.75 Å². The van der Waals surface area contributed by atoms with E-state index < -0.39 is 0 Å². The van der Waals surface area contributed by atoms with E-state index in [0.29, 0.717) is 13.0 Å². The molecule has 106 valence electrons. The van der Waals surface area contributed by atoms with Gasteiger partial charge < -0.3 is 10.1 Å². The number of nitrogens with one attached hydrogen (secondary N) is 1. The lowest BCUT2D eigenvalue weighted by molar-refractivity contribution is -0.116. The van der Waals surface area contributed by atoms with Crippen molar-refractivity contribution >= 4 is 11.6 Å². The number of anilines is 1. The van der Waals surface area contributed by atoms with E-state index >= 15 is 0 Å². The van der Waals surface area contributed by atoms with Gasteiger partial charge in [0, 0.05) is 12.1 Å². The van der Waals surface area contributed by atoms with Crippen LogP contribution in [0.15, 0.2) is 24.3 Å². The second-order valence-electron chi connectivity index (χ2n) is 4.67. The van der Waals surface area contributed by atoms with E-state index in [1.807, 2.05) is 31.2 Å². The Morgan fingerprint density at radius 1 is 1.05 bits per heavy atom. The molecule has 1 aromatic carbocycles. The second-order valence-corrected chi connectivity index (χ2v) is 4.67. The van der Waals surface area contributed by atoms with Gasteiger partial charge >= 0.3 is 0 Å². The van der Waals surface area contributed by atoms with Crippen molar-refractivity contribution in [3.05, 3.63) is 24.3 Å². The van der Waals surface area contributed by atoms with Gasteiger partial charge in [0.2, 0.25) is 5.91 Å². The fourth-order valence-corrected chi connectivity index (χ4v) is 1.91.